The number of hydrogen-bond donors (Lipinski definition) is 2. The Morgan fingerprint density at radius 2 is 1.89 bits per heavy atom. The van der Waals surface area contributed by atoms with Crippen LogP contribution in [0.4, 0.5) is 5.69 Å². The van der Waals surface area contributed by atoms with Crippen LogP contribution in [-0.4, -0.2) is 16.1 Å². The van der Waals surface area contributed by atoms with E-state index < -0.39 is 5.97 Å². The molecule has 0 aliphatic rings. The molecule has 0 spiro atoms. The van der Waals surface area contributed by atoms with E-state index in [0.29, 0.717) is 11.1 Å². The Morgan fingerprint density at radius 3 is 2.58 bits per heavy atom. The molecule has 5 nitrogen and oxygen atoms in total. The number of carboxylic acid groups (broad SMARTS) is 1. The molecule has 0 amide bonds. The van der Waals surface area contributed by atoms with Gasteiger partial charge in [-0.05, 0) is 12.1 Å². The van der Waals surface area contributed by atoms with Crippen molar-refractivity contribution in [2.45, 2.75) is 0 Å². The van der Waals surface area contributed by atoms with E-state index in [1.807, 2.05) is 30.3 Å². The number of carbonyl (C=O) groups is 1. The van der Waals surface area contributed by atoms with E-state index in [1.165, 1.54) is 0 Å². The van der Waals surface area contributed by atoms with Crippen LogP contribution in [0.2, 0.25) is 0 Å². The predicted octanol–water partition coefficient (Wildman–Crippen LogP) is 2.78. The van der Waals surface area contributed by atoms with Gasteiger partial charge in [0.05, 0.1) is 16.8 Å². The molecule has 0 bridgehead atoms. The van der Waals surface area contributed by atoms with Crippen LogP contribution in [0.5, 0.6) is 0 Å². The fraction of sp³-hybridized carbons (Fsp3) is 0. The third-order valence-corrected chi connectivity index (χ3v) is 2.86. The number of anilines is 1. The van der Waals surface area contributed by atoms with Crippen molar-refractivity contribution in [3.63, 3.8) is 0 Å². The van der Waals surface area contributed by atoms with Gasteiger partial charge in [-0.3, -0.25) is 0 Å². The van der Waals surface area contributed by atoms with Crippen molar-refractivity contribution in [2.24, 2.45) is 0 Å². The van der Waals surface area contributed by atoms with Gasteiger partial charge < -0.3 is 15.3 Å². The van der Waals surface area contributed by atoms with Crippen LogP contribution in [0.1, 0.15) is 10.6 Å². The number of aromatic nitrogens is 1. The molecule has 3 rings (SSSR count). The van der Waals surface area contributed by atoms with E-state index in [9.17, 15) is 4.79 Å². The Bertz CT molecular complexity index is 763. The monoisotopic (exact) mass is 254 g/mol. The van der Waals surface area contributed by atoms with Gasteiger partial charge in [-0.1, -0.05) is 30.3 Å². The van der Waals surface area contributed by atoms with Crippen molar-refractivity contribution in [2.75, 3.05) is 5.73 Å². The SMILES string of the molecule is Nc1c(C(=O)O)oc2nc(-c3ccccc3)ccc12. The number of hydrogen-bond acceptors (Lipinski definition) is 4. The van der Waals surface area contributed by atoms with Crippen LogP contribution >= 0.6 is 0 Å². The predicted molar refractivity (Wildman–Crippen MR) is 70.8 cm³/mol. The highest BCUT2D eigenvalue weighted by Crippen LogP contribution is 2.29. The molecule has 1 aromatic carbocycles. The lowest BCUT2D eigenvalue weighted by Gasteiger charge is -1.99. The van der Waals surface area contributed by atoms with Crippen molar-refractivity contribution in [1.29, 1.82) is 0 Å². The van der Waals surface area contributed by atoms with Gasteiger partial charge in [0, 0.05) is 5.56 Å². The summed E-state index contributed by atoms with van der Waals surface area (Å²) in [5, 5.41) is 9.46. The van der Waals surface area contributed by atoms with Gasteiger partial charge in [0.15, 0.2) is 0 Å². The Balaban J connectivity index is 2.19. The number of nitrogen functional groups attached to an aromatic ring is 1. The van der Waals surface area contributed by atoms with Gasteiger partial charge in [-0.15, -0.1) is 0 Å². The standard InChI is InChI=1S/C14H10N2O3/c15-11-9-6-7-10(8-4-2-1-3-5-8)16-13(9)19-12(11)14(17)18/h1-7H,15H2,(H,17,18). The number of nitrogens with two attached hydrogens (primary N) is 1. The second kappa shape index (κ2) is 4.13. The number of fused-ring (bicyclic) bond motifs is 1. The molecule has 94 valence electrons. The lowest BCUT2D eigenvalue weighted by atomic mass is 10.1. The normalized spacial score (nSPS) is 10.7. The van der Waals surface area contributed by atoms with Crippen molar-refractivity contribution in [1.82, 2.24) is 4.98 Å². The molecule has 2 aromatic heterocycles. The van der Waals surface area contributed by atoms with Gasteiger partial charge >= 0.3 is 5.97 Å². The van der Waals surface area contributed by atoms with Crippen molar-refractivity contribution < 1.29 is 14.3 Å². The molecule has 0 saturated carbocycles. The number of nitrogens with zero attached hydrogens (tertiary/aromatic N) is 1. The first-order chi connectivity index (χ1) is 9.16. The fourth-order valence-corrected chi connectivity index (χ4v) is 1.93. The number of pyridine rings is 1. The Labute approximate surface area is 108 Å². The molecule has 0 atom stereocenters. The number of furan rings is 1. The summed E-state index contributed by atoms with van der Waals surface area (Å²) in [5.74, 6) is -1.47. The summed E-state index contributed by atoms with van der Waals surface area (Å²) < 4.78 is 5.19. The molecule has 3 aromatic rings. The maximum atomic E-state index is 10.9. The third kappa shape index (κ3) is 1.81. The van der Waals surface area contributed by atoms with Gasteiger partial charge in [-0.25, -0.2) is 9.78 Å². The van der Waals surface area contributed by atoms with Crippen LogP contribution in [0, 0.1) is 0 Å². The summed E-state index contributed by atoms with van der Waals surface area (Å²) >= 11 is 0. The minimum atomic E-state index is -1.20. The van der Waals surface area contributed by atoms with Crippen LogP contribution in [0.25, 0.3) is 22.4 Å². The molecule has 19 heavy (non-hydrogen) atoms. The smallest absolute Gasteiger partial charge is 0.374 e. The highest BCUT2D eigenvalue weighted by molar-refractivity contribution is 6.01. The van der Waals surface area contributed by atoms with Gasteiger partial charge in [0.1, 0.15) is 0 Å². The maximum absolute atomic E-state index is 10.9. The zero-order chi connectivity index (χ0) is 13.4. The van der Waals surface area contributed by atoms with Crippen molar-refractivity contribution >= 4 is 22.8 Å². The molecule has 0 fully saturated rings. The van der Waals surface area contributed by atoms with Crippen LogP contribution < -0.4 is 5.73 Å². The van der Waals surface area contributed by atoms with E-state index in [1.54, 1.807) is 12.1 Å². The van der Waals surface area contributed by atoms with Crippen LogP contribution in [0.15, 0.2) is 46.9 Å². The lowest BCUT2D eigenvalue weighted by molar-refractivity contribution is 0.0666. The number of carboxylic acids is 1. The molecule has 0 aliphatic heterocycles. The van der Waals surface area contributed by atoms with Crippen LogP contribution in [0.3, 0.4) is 0 Å². The summed E-state index contributed by atoms with van der Waals surface area (Å²) in [6, 6.07) is 13.1. The minimum Gasteiger partial charge on any atom is -0.475 e. The number of benzene rings is 1. The third-order valence-electron chi connectivity index (χ3n) is 2.86. The second-order valence-electron chi connectivity index (χ2n) is 4.07. The molecule has 2 heterocycles. The minimum absolute atomic E-state index is 0.106. The Kier molecular flexibility index (Phi) is 2.45. The largest absolute Gasteiger partial charge is 0.475 e. The lowest BCUT2D eigenvalue weighted by Crippen LogP contribution is -1.98. The Hall–Kier alpha value is -2.82. The van der Waals surface area contributed by atoms with Gasteiger partial charge in [0.25, 0.3) is 0 Å². The highest BCUT2D eigenvalue weighted by Gasteiger charge is 2.18. The second-order valence-corrected chi connectivity index (χ2v) is 4.07. The van der Waals surface area contributed by atoms with Crippen molar-refractivity contribution in [3.8, 4) is 11.3 Å². The molecular formula is C14H10N2O3. The summed E-state index contributed by atoms with van der Waals surface area (Å²) in [6.45, 7) is 0. The molecule has 0 unspecified atom stereocenters. The molecule has 5 heteroatoms. The molecule has 0 aliphatic carbocycles. The summed E-state index contributed by atoms with van der Waals surface area (Å²) in [4.78, 5) is 15.2. The average Bonchev–Trinajstić information content (AvgIpc) is 2.77. The first-order valence-corrected chi connectivity index (χ1v) is 5.64. The topological polar surface area (TPSA) is 89.4 Å². The quantitative estimate of drug-likeness (QED) is 0.733. The maximum Gasteiger partial charge on any atom is 0.374 e. The molecule has 0 saturated heterocycles. The number of rotatable bonds is 2. The van der Waals surface area contributed by atoms with Gasteiger partial charge in [-0.2, -0.15) is 0 Å². The molecular weight excluding hydrogens is 244 g/mol. The zero-order valence-electron chi connectivity index (χ0n) is 9.83. The first kappa shape index (κ1) is 11.3. The fourth-order valence-electron chi connectivity index (χ4n) is 1.93. The summed E-state index contributed by atoms with van der Waals surface area (Å²) in [6.07, 6.45) is 0. The Morgan fingerprint density at radius 1 is 1.16 bits per heavy atom. The molecule has 0 radical (unpaired) electrons. The first-order valence-electron chi connectivity index (χ1n) is 5.64. The van der Waals surface area contributed by atoms with Gasteiger partial charge in [0.2, 0.25) is 11.5 Å². The van der Waals surface area contributed by atoms with E-state index in [4.69, 9.17) is 15.3 Å². The zero-order valence-corrected chi connectivity index (χ0v) is 9.83. The van der Waals surface area contributed by atoms with E-state index in [0.717, 1.165) is 5.56 Å². The van der Waals surface area contributed by atoms with Crippen LogP contribution in [-0.2, 0) is 0 Å². The number of aromatic carboxylic acids is 1. The van der Waals surface area contributed by atoms with E-state index in [2.05, 4.69) is 4.98 Å². The van der Waals surface area contributed by atoms with E-state index in [-0.39, 0.29) is 17.2 Å². The van der Waals surface area contributed by atoms with E-state index >= 15 is 0 Å². The summed E-state index contributed by atoms with van der Waals surface area (Å²) in [7, 11) is 0. The molecule has 3 N–H and O–H groups in total. The summed E-state index contributed by atoms with van der Waals surface area (Å²) in [5.41, 5.74) is 7.69. The average molecular weight is 254 g/mol. The van der Waals surface area contributed by atoms with Crippen molar-refractivity contribution in [3.05, 3.63) is 48.2 Å². The highest BCUT2D eigenvalue weighted by atomic mass is 16.4.